The van der Waals surface area contributed by atoms with E-state index in [1.54, 1.807) is 6.08 Å². The van der Waals surface area contributed by atoms with Gasteiger partial charge in [0.1, 0.15) is 0 Å². The summed E-state index contributed by atoms with van der Waals surface area (Å²) in [7, 11) is 0. The third kappa shape index (κ3) is 7.17. The molecular weight excluding hydrogens is 128 g/mol. The molecule has 0 rings (SSSR count). The summed E-state index contributed by atoms with van der Waals surface area (Å²) in [4.78, 5) is 10.1. The van der Waals surface area contributed by atoms with Crippen LogP contribution in [0.15, 0.2) is 12.2 Å². The van der Waals surface area contributed by atoms with Crippen molar-refractivity contribution in [2.45, 2.75) is 13.3 Å². The van der Waals surface area contributed by atoms with E-state index in [1.807, 2.05) is 0 Å². The zero-order valence-corrected chi connectivity index (χ0v) is 6.26. The first-order valence-electron chi connectivity index (χ1n) is 3.44. The molecule has 1 amide bonds. The molecule has 0 aliphatic heterocycles. The molecule has 0 aromatic rings. The predicted molar refractivity (Wildman–Crippen MR) is 41.5 cm³/mol. The van der Waals surface area contributed by atoms with Crippen LogP contribution in [0.25, 0.3) is 0 Å². The number of hydrogen-bond donors (Lipinski definition) is 2. The highest BCUT2D eigenvalue weighted by Crippen LogP contribution is 1.71. The standard InChI is InChI=1S/C7H14N2O/c1-2-5-9-6-3-4-7(8)10/h3-4,9H,2,5-6H2,1H3,(H2,8,10)/b4-3+. The number of rotatable bonds is 5. The van der Waals surface area contributed by atoms with Gasteiger partial charge >= 0.3 is 0 Å². The first-order chi connectivity index (χ1) is 4.77. The molecule has 0 unspecified atom stereocenters. The topological polar surface area (TPSA) is 55.1 Å². The minimum absolute atomic E-state index is 0.390. The molecule has 0 aliphatic carbocycles. The summed E-state index contributed by atoms with van der Waals surface area (Å²) >= 11 is 0. The van der Waals surface area contributed by atoms with Crippen LogP contribution in [0.2, 0.25) is 0 Å². The molecular formula is C7H14N2O. The van der Waals surface area contributed by atoms with Gasteiger partial charge in [0, 0.05) is 6.54 Å². The average Bonchev–Trinajstić information content (AvgIpc) is 1.87. The summed E-state index contributed by atoms with van der Waals surface area (Å²) in [6.45, 7) is 3.78. The molecule has 0 spiro atoms. The van der Waals surface area contributed by atoms with Crippen LogP contribution in [0.4, 0.5) is 0 Å². The van der Waals surface area contributed by atoms with Crippen molar-refractivity contribution in [2.24, 2.45) is 5.73 Å². The number of primary amides is 1. The average molecular weight is 142 g/mol. The van der Waals surface area contributed by atoms with E-state index in [0.717, 1.165) is 19.5 Å². The van der Waals surface area contributed by atoms with Crippen LogP contribution in [0.1, 0.15) is 13.3 Å². The number of nitrogens with one attached hydrogen (secondary N) is 1. The Labute approximate surface area is 61.3 Å². The second-order valence-corrected chi connectivity index (χ2v) is 2.01. The largest absolute Gasteiger partial charge is 0.366 e. The molecule has 58 valence electrons. The van der Waals surface area contributed by atoms with Gasteiger partial charge in [0.05, 0.1) is 0 Å². The Kier molecular flexibility index (Phi) is 5.77. The quantitative estimate of drug-likeness (QED) is 0.420. The fraction of sp³-hybridized carbons (Fsp3) is 0.571. The molecule has 0 heterocycles. The molecule has 3 nitrogen and oxygen atoms in total. The molecule has 0 aliphatic rings. The number of carbonyl (C=O) groups is 1. The van der Waals surface area contributed by atoms with E-state index < -0.39 is 5.91 Å². The Morgan fingerprint density at radius 2 is 2.40 bits per heavy atom. The lowest BCUT2D eigenvalue weighted by atomic mass is 10.4. The second-order valence-electron chi connectivity index (χ2n) is 2.01. The Morgan fingerprint density at radius 3 is 2.90 bits per heavy atom. The summed E-state index contributed by atoms with van der Waals surface area (Å²) in [6.07, 6.45) is 4.19. The summed E-state index contributed by atoms with van der Waals surface area (Å²) in [5.74, 6) is -0.390. The molecule has 3 heteroatoms. The summed E-state index contributed by atoms with van der Waals surface area (Å²) in [5, 5.41) is 3.10. The van der Waals surface area contributed by atoms with E-state index in [0.29, 0.717) is 0 Å². The zero-order valence-electron chi connectivity index (χ0n) is 6.26. The fourth-order valence-electron chi connectivity index (χ4n) is 0.537. The van der Waals surface area contributed by atoms with Crippen LogP contribution >= 0.6 is 0 Å². The van der Waals surface area contributed by atoms with Crippen LogP contribution in [-0.2, 0) is 4.79 Å². The zero-order chi connectivity index (χ0) is 7.82. The highest BCUT2D eigenvalue weighted by Gasteiger charge is 1.81. The summed E-state index contributed by atoms with van der Waals surface area (Å²) in [6, 6.07) is 0. The van der Waals surface area contributed by atoms with Gasteiger partial charge in [0.2, 0.25) is 5.91 Å². The third-order valence-electron chi connectivity index (χ3n) is 0.971. The van der Waals surface area contributed by atoms with E-state index >= 15 is 0 Å². The molecule has 10 heavy (non-hydrogen) atoms. The SMILES string of the molecule is CCCNC/C=C/C(N)=O. The van der Waals surface area contributed by atoms with Gasteiger partial charge in [-0.2, -0.15) is 0 Å². The van der Waals surface area contributed by atoms with Crippen LogP contribution in [0.5, 0.6) is 0 Å². The van der Waals surface area contributed by atoms with E-state index in [9.17, 15) is 4.79 Å². The molecule has 0 saturated carbocycles. The molecule has 3 N–H and O–H groups in total. The van der Waals surface area contributed by atoms with Crippen LogP contribution < -0.4 is 11.1 Å². The van der Waals surface area contributed by atoms with Crippen molar-refractivity contribution in [3.05, 3.63) is 12.2 Å². The Morgan fingerprint density at radius 1 is 1.70 bits per heavy atom. The van der Waals surface area contributed by atoms with Crippen molar-refractivity contribution < 1.29 is 4.79 Å². The van der Waals surface area contributed by atoms with E-state index in [2.05, 4.69) is 12.2 Å². The van der Waals surface area contributed by atoms with Crippen molar-refractivity contribution in [1.29, 1.82) is 0 Å². The fourth-order valence-corrected chi connectivity index (χ4v) is 0.537. The highest BCUT2D eigenvalue weighted by molar-refractivity contribution is 5.85. The second kappa shape index (κ2) is 6.29. The molecule has 0 atom stereocenters. The van der Waals surface area contributed by atoms with Gasteiger partial charge in [-0.1, -0.05) is 13.0 Å². The van der Waals surface area contributed by atoms with Gasteiger partial charge in [-0.15, -0.1) is 0 Å². The van der Waals surface area contributed by atoms with Crippen LogP contribution in [0.3, 0.4) is 0 Å². The van der Waals surface area contributed by atoms with Gasteiger partial charge in [-0.05, 0) is 19.0 Å². The van der Waals surface area contributed by atoms with Gasteiger partial charge in [-0.3, -0.25) is 4.79 Å². The van der Waals surface area contributed by atoms with Crippen LogP contribution in [-0.4, -0.2) is 19.0 Å². The molecule has 0 saturated heterocycles. The van der Waals surface area contributed by atoms with Crippen molar-refractivity contribution in [2.75, 3.05) is 13.1 Å². The maximum Gasteiger partial charge on any atom is 0.241 e. The lowest BCUT2D eigenvalue weighted by molar-refractivity contribution is -0.113. The van der Waals surface area contributed by atoms with E-state index in [4.69, 9.17) is 5.73 Å². The van der Waals surface area contributed by atoms with Gasteiger partial charge in [0.15, 0.2) is 0 Å². The summed E-state index contributed by atoms with van der Waals surface area (Å²) < 4.78 is 0. The minimum atomic E-state index is -0.390. The predicted octanol–water partition coefficient (Wildman–Crippen LogP) is 0.0275. The monoisotopic (exact) mass is 142 g/mol. The normalized spacial score (nSPS) is 10.5. The maximum atomic E-state index is 10.1. The van der Waals surface area contributed by atoms with Crippen molar-refractivity contribution >= 4 is 5.91 Å². The molecule has 0 aromatic carbocycles. The highest BCUT2D eigenvalue weighted by atomic mass is 16.1. The first kappa shape index (κ1) is 9.17. The van der Waals surface area contributed by atoms with Crippen molar-refractivity contribution in [3.63, 3.8) is 0 Å². The first-order valence-corrected chi connectivity index (χ1v) is 3.44. The summed E-state index contributed by atoms with van der Waals surface area (Å²) in [5.41, 5.74) is 4.85. The number of carbonyl (C=O) groups excluding carboxylic acids is 1. The molecule has 0 fully saturated rings. The molecule has 0 radical (unpaired) electrons. The number of amides is 1. The minimum Gasteiger partial charge on any atom is -0.366 e. The molecule has 0 bridgehead atoms. The lowest BCUT2D eigenvalue weighted by Crippen LogP contribution is -2.15. The smallest absolute Gasteiger partial charge is 0.241 e. The van der Waals surface area contributed by atoms with Gasteiger partial charge < -0.3 is 11.1 Å². The maximum absolute atomic E-state index is 10.1. The number of hydrogen-bond acceptors (Lipinski definition) is 2. The molecule has 0 aromatic heterocycles. The Hall–Kier alpha value is -0.830. The van der Waals surface area contributed by atoms with E-state index in [1.165, 1.54) is 6.08 Å². The third-order valence-corrected chi connectivity index (χ3v) is 0.971. The van der Waals surface area contributed by atoms with E-state index in [-0.39, 0.29) is 0 Å². The Bertz CT molecular complexity index is 121. The van der Waals surface area contributed by atoms with Crippen molar-refractivity contribution in [3.8, 4) is 0 Å². The van der Waals surface area contributed by atoms with Gasteiger partial charge in [-0.25, -0.2) is 0 Å². The Balaban J connectivity index is 3.10. The lowest BCUT2D eigenvalue weighted by Gasteiger charge is -1.94. The van der Waals surface area contributed by atoms with Gasteiger partial charge in [0.25, 0.3) is 0 Å². The van der Waals surface area contributed by atoms with Crippen molar-refractivity contribution in [1.82, 2.24) is 5.32 Å². The van der Waals surface area contributed by atoms with Crippen LogP contribution in [0, 0.1) is 0 Å². The number of nitrogens with two attached hydrogens (primary N) is 1.